The maximum atomic E-state index is 8.66. The van der Waals surface area contributed by atoms with Crippen molar-refractivity contribution in [3.63, 3.8) is 0 Å². The fourth-order valence-corrected chi connectivity index (χ4v) is 1.80. The highest BCUT2D eigenvalue weighted by atomic mass is 32.1. The lowest BCUT2D eigenvalue weighted by Crippen LogP contribution is -1.74. The van der Waals surface area contributed by atoms with Gasteiger partial charge in [-0.3, -0.25) is 0 Å². The second-order valence-corrected chi connectivity index (χ2v) is 3.39. The first-order chi connectivity index (χ1) is 5.20. The van der Waals surface area contributed by atoms with E-state index in [1.807, 2.05) is 13.8 Å². The minimum absolute atomic E-state index is 0.638. The highest BCUT2D eigenvalue weighted by Crippen LogP contribution is 2.33. The molecule has 0 aliphatic heterocycles. The van der Waals surface area contributed by atoms with Crippen LogP contribution >= 0.6 is 11.3 Å². The van der Waals surface area contributed by atoms with Crippen LogP contribution in [-0.4, -0.2) is 0 Å². The Hall–Kier alpha value is -1.32. The van der Waals surface area contributed by atoms with Crippen molar-refractivity contribution < 1.29 is 0 Å². The highest BCUT2D eigenvalue weighted by Gasteiger charge is 2.09. The molecule has 54 valence electrons. The predicted octanol–water partition coefficient (Wildman–Crippen LogP) is 2.79. The molecule has 0 saturated heterocycles. The largest absolute Gasteiger partial charge is 0.245 e. The minimum Gasteiger partial charge on any atom is -0.226 e. The molecule has 0 N–H and O–H groups in total. The third kappa shape index (κ3) is 1.11. The molecule has 1 heterocycles. The molecule has 0 fully saturated rings. The van der Waals surface area contributed by atoms with Crippen LogP contribution in [0, 0.1) is 31.8 Å². The molecule has 3 heteroatoms. The van der Waals surface area contributed by atoms with Gasteiger partial charge in [0.25, 0.3) is 0 Å². The summed E-state index contributed by atoms with van der Waals surface area (Å²) >= 11 is 1.39. The molecular weight excluding hydrogens is 156 g/mol. The van der Waals surface area contributed by atoms with Gasteiger partial charge in [0.05, 0.1) is 18.2 Å². The smallest absolute Gasteiger partial charge is 0.226 e. The van der Waals surface area contributed by atoms with E-state index in [9.17, 15) is 0 Å². The molecule has 0 atom stereocenters. The monoisotopic (exact) mass is 162 g/mol. The van der Waals surface area contributed by atoms with E-state index in [0.717, 1.165) is 10.4 Å². The van der Waals surface area contributed by atoms with Crippen molar-refractivity contribution in [3.8, 4) is 6.07 Å². The van der Waals surface area contributed by atoms with Crippen LogP contribution in [0.25, 0.3) is 4.85 Å². The lowest BCUT2D eigenvalue weighted by Gasteiger charge is -1.85. The summed E-state index contributed by atoms with van der Waals surface area (Å²) < 4.78 is 0. The van der Waals surface area contributed by atoms with Crippen molar-refractivity contribution in [2.24, 2.45) is 0 Å². The zero-order valence-corrected chi connectivity index (χ0v) is 7.12. The van der Waals surface area contributed by atoms with E-state index >= 15 is 0 Å². The second kappa shape index (κ2) is 2.74. The lowest BCUT2D eigenvalue weighted by molar-refractivity contribution is 1.41. The number of thiophene rings is 1. The molecule has 0 bridgehead atoms. The second-order valence-electron chi connectivity index (χ2n) is 2.19. The summed E-state index contributed by atoms with van der Waals surface area (Å²) in [7, 11) is 0. The van der Waals surface area contributed by atoms with E-state index in [2.05, 4.69) is 10.9 Å². The van der Waals surface area contributed by atoms with E-state index < -0.39 is 0 Å². The molecule has 0 aromatic carbocycles. The predicted molar refractivity (Wildman–Crippen MR) is 44.8 cm³/mol. The highest BCUT2D eigenvalue weighted by molar-refractivity contribution is 7.16. The summed E-state index contributed by atoms with van der Waals surface area (Å²) in [5, 5.41) is 9.30. The Morgan fingerprint density at radius 2 is 2.18 bits per heavy atom. The molecule has 1 aromatic heterocycles. The Labute approximate surface area is 69.5 Å². The van der Waals surface area contributed by atoms with E-state index in [1.165, 1.54) is 11.3 Å². The Morgan fingerprint density at radius 1 is 1.55 bits per heavy atom. The average Bonchev–Trinajstić information content (AvgIpc) is 2.26. The molecule has 2 nitrogen and oxygen atoms in total. The van der Waals surface area contributed by atoms with E-state index in [0.29, 0.717) is 10.6 Å². The number of rotatable bonds is 0. The zero-order valence-electron chi connectivity index (χ0n) is 6.30. The SMILES string of the molecule is [C-]#[N+]c1sc(C)c(C#N)c1C. The Balaban J connectivity index is 3.43. The van der Waals surface area contributed by atoms with Gasteiger partial charge < -0.3 is 0 Å². The quantitative estimate of drug-likeness (QED) is 0.539. The normalized spacial score (nSPS) is 8.73. The van der Waals surface area contributed by atoms with Crippen LogP contribution in [0.15, 0.2) is 0 Å². The van der Waals surface area contributed by atoms with Crippen molar-refractivity contribution in [3.05, 3.63) is 27.4 Å². The first kappa shape index (κ1) is 7.78. The number of nitriles is 1. The molecular formula is C8H6N2S. The van der Waals surface area contributed by atoms with Crippen LogP contribution in [0.2, 0.25) is 0 Å². The number of aryl methyl sites for hydroxylation is 1. The van der Waals surface area contributed by atoms with Crippen LogP contribution in [0.5, 0.6) is 0 Å². The minimum atomic E-state index is 0.638. The lowest BCUT2D eigenvalue weighted by atomic mass is 10.2. The summed E-state index contributed by atoms with van der Waals surface area (Å²) in [5.41, 5.74) is 1.49. The van der Waals surface area contributed by atoms with Crippen molar-refractivity contribution in [1.29, 1.82) is 5.26 Å². The molecule has 11 heavy (non-hydrogen) atoms. The summed E-state index contributed by atoms with van der Waals surface area (Å²) in [4.78, 5) is 4.26. The summed E-state index contributed by atoms with van der Waals surface area (Å²) in [6, 6.07) is 2.09. The van der Waals surface area contributed by atoms with E-state index in [1.54, 1.807) is 0 Å². The number of hydrogen-bond donors (Lipinski definition) is 0. The standard InChI is InChI=1S/C8H6N2S/c1-5-7(4-9)6(2)11-8(5)10-3/h1-2H3. The maximum Gasteiger partial charge on any atom is 0.245 e. The van der Waals surface area contributed by atoms with Gasteiger partial charge in [-0.05, 0) is 19.4 Å². The van der Waals surface area contributed by atoms with Crippen LogP contribution in [0.3, 0.4) is 0 Å². The van der Waals surface area contributed by atoms with Crippen molar-refractivity contribution in [1.82, 2.24) is 0 Å². The van der Waals surface area contributed by atoms with Gasteiger partial charge in [-0.15, -0.1) is 0 Å². The topological polar surface area (TPSA) is 28.1 Å². The van der Waals surface area contributed by atoms with Gasteiger partial charge in [-0.25, -0.2) is 4.85 Å². The Bertz CT molecular complexity index is 363. The van der Waals surface area contributed by atoms with Crippen molar-refractivity contribution in [2.45, 2.75) is 13.8 Å². The Morgan fingerprint density at radius 3 is 2.45 bits per heavy atom. The van der Waals surface area contributed by atoms with Gasteiger partial charge in [0, 0.05) is 4.88 Å². The molecule has 0 aliphatic rings. The Kier molecular flexibility index (Phi) is 1.94. The van der Waals surface area contributed by atoms with Gasteiger partial charge >= 0.3 is 0 Å². The fourth-order valence-electron chi connectivity index (χ4n) is 0.913. The third-order valence-corrected chi connectivity index (χ3v) is 2.61. The van der Waals surface area contributed by atoms with E-state index in [4.69, 9.17) is 11.8 Å². The van der Waals surface area contributed by atoms with E-state index in [-0.39, 0.29) is 0 Å². The van der Waals surface area contributed by atoms with Crippen molar-refractivity contribution >= 4 is 16.3 Å². The first-order valence-corrected chi connectivity index (χ1v) is 3.90. The first-order valence-electron chi connectivity index (χ1n) is 3.08. The molecule has 0 aliphatic carbocycles. The molecule has 0 saturated carbocycles. The van der Waals surface area contributed by atoms with Gasteiger partial charge in [0.1, 0.15) is 0 Å². The summed E-state index contributed by atoms with van der Waals surface area (Å²) in [6.45, 7) is 10.5. The number of hydrogen-bond acceptors (Lipinski definition) is 2. The average molecular weight is 162 g/mol. The van der Waals surface area contributed by atoms with Gasteiger partial charge in [0.2, 0.25) is 5.00 Å². The fraction of sp³-hybridized carbons (Fsp3) is 0.250. The molecule has 1 rings (SSSR count). The van der Waals surface area contributed by atoms with Crippen LogP contribution < -0.4 is 0 Å². The van der Waals surface area contributed by atoms with Gasteiger partial charge in [-0.1, -0.05) is 0 Å². The molecule has 0 spiro atoms. The molecule has 0 amide bonds. The summed E-state index contributed by atoms with van der Waals surface area (Å²) in [5.74, 6) is 0. The van der Waals surface area contributed by atoms with Crippen LogP contribution in [0.1, 0.15) is 16.0 Å². The molecule has 0 unspecified atom stereocenters. The summed E-state index contributed by atoms with van der Waals surface area (Å²) in [6.07, 6.45) is 0. The third-order valence-electron chi connectivity index (χ3n) is 1.51. The van der Waals surface area contributed by atoms with Crippen LogP contribution in [-0.2, 0) is 0 Å². The van der Waals surface area contributed by atoms with Gasteiger partial charge in [0.15, 0.2) is 0 Å². The number of nitrogens with zero attached hydrogens (tertiary/aromatic N) is 2. The zero-order chi connectivity index (χ0) is 8.43. The molecule has 0 radical (unpaired) electrons. The van der Waals surface area contributed by atoms with Crippen LogP contribution in [0.4, 0.5) is 5.00 Å². The van der Waals surface area contributed by atoms with Crippen molar-refractivity contribution in [2.75, 3.05) is 0 Å². The molecule has 1 aromatic rings. The maximum absolute atomic E-state index is 8.66. The van der Waals surface area contributed by atoms with Gasteiger partial charge in [-0.2, -0.15) is 16.6 Å².